The monoisotopic (exact) mass is 260 g/mol. The highest BCUT2D eigenvalue weighted by Gasteiger charge is 2.22. The van der Waals surface area contributed by atoms with Gasteiger partial charge in [-0.2, -0.15) is 5.10 Å². The Kier molecular flexibility index (Phi) is 4.16. The van der Waals surface area contributed by atoms with Crippen LogP contribution in [0.2, 0.25) is 0 Å². The lowest BCUT2D eigenvalue weighted by atomic mass is 10.0. The fourth-order valence-corrected chi connectivity index (χ4v) is 2.15. The van der Waals surface area contributed by atoms with E-state index in [1.165, 1.54) is 0 Å². The lowest BCUT2D eigenvalue weighted by molar-refractivity contribution is 0.400. The van der Waals surface area contributed by atoms with Crippen molar-refractivity contribution in [2.45, 2.75) is 19.9 Å². The zero-order valence-electron chi connectivity index (χ0n) is 11.8. The average Bonchev–Trinajstić information content (AvgIpc) is 2.76. The topological polar surface area (TPSA) is 52.0 Å². The molecule has 2 aromatic heterocycles. The van der Waals surface area contributed by atoms with Gasteiger partial charge in [0.25, 0.3) is 0 Å². The molecule has 0 saturated heterocycles. The molecule has 102 valence electrons. The fourth-order valence-electron chi connectivity index (χ4n) is 2.15. The molecule has 0 aliphatic rings. The molecule has 1 N–H and O–H groups in total. The Morgan fingerprint density at radius 3 is 2.84 bits per heavy atom. The van der Waals surface area contributed by atoms with Crippen molar-refractivity contribution in [3.8, 4) is 5.75 Å². The van der Waals surface area contributed by atoms with E-state index < -0.39 is 0 Å². The first-order valence-electron chi connectivity index (χ1n) is 6.39. The fraction of sp³-hybridized carbons (Fsp3) is 0.429. The van der Waals surface area contributed by atoms with E-state index in [2.05, 4.69) is 29.2 Å². The normalized spacial score (nSPS) is 12.4. The van der Waals surface area contributed by atoms with Gasteiger partial charge in [-0.15, -0.1) is 0 Å². The van der Waals surface area contributed by atoms with Gasteiger partial charge in [-0.25, -0.2) is 0 Å². The van der Waals surface area contributed by atoms with Crippen molar-refractivity contribution in [1.82, 2.24) is 20.1 Å². The Bertz CT molecular complexity index is 550. The minimum atomic E-state index is -0.00477. The molecule has 0 fully saturated rings. The summed E-state index contributed by atoms with van der Waals surface area (Å²) in [5, 5.41) is 7.76. The third kappa shape index (κ3) is 2.61. The minimum absolute atomic E-state index is 0.00477. The SMILES string of the molecule is CCNC(c1cnn(C)c1C)c1ncccc1OC. The van der Waals surface area contributed by atoms with Gasteiger partial charge < -0.3 is 10.1 Å². The first-order valence-corrected chi connectivity index (χ1v) is 6.39. The van der Waals surface area contributed by atoms with Gasteiger partial charge in [0, 0.05) is 24.5 Å². The van der Waals surface area contributed by atoms with E-state index in [1.54, 1.807) is 13.3 Å². The summed E-state index contributed by atoms with van der Waals surface area (Å²) in [5.74, 6) is 0.789. The van der Waals surface area contributed by atoms with Crippen molar-refractivity contribution >= 4 is 0 Å². The molecule has 2 rings (SSSR count). The van der Waals surface area contributed by atoms with Crippen molar-refractivity contribution in [3.05, 3.63) is 41.5 Å². The second-order valence-corrected chi connectivity index (χ2v) is 4.39. The predicted molar refractivity (Wildman–Crippen MR) is 74.3 cm³/mol. The number of aryl methyl sites for hydroxylation is 1. The van der Waals surface area contributed by atoms with Gasteiger partial charge in [0.1, 0.15) is 11.4 Å². The molecule has 0 amide bonds. The summed E-state index contributed by atoms with van der Waals surface area (Å²) in [6.45, 7) is 4.98. The molecule has 0 aromatic carbocycles. The van der Waals surface area contributed by atoms with E-state index >= 15 is 0 Å². The zero-order valence-corrected chi connectivity index (χ0v) is 11.8. The summed E-state index contributed by atoms with van der Waals surface area (Å²) >= 11 is 0. The van der Waals surface area contributed by atoms with Gasteiger partial charge in [-0.3, -0.25) is 9.67 Å². The van der Waals surface area contributed by atoms with Gasteiger partial charge in [0.2, 0.25) is 0 Å². The molecule has 0 spiro atoms. The number of hydrogen-bond acceptors (Lipinski definition) is 4. The number of rotatable bonds is 5. The van der Waals surface area contributed by atoms with Crippen LogP contribution in [-0.4, -0.2) is 28.4 Å². The van der Waals surface area contributed by atoms with Gasteiger partial charge in [-0.1, -0.05) is 6.92 Å². The van der Waals surface area contributed by atoms with Crippen LogP contribution >= 0.6 is 0 Å². The lowest BCUT2D eigenvalue weighted by Gasteiger charge is -2.19. The van der Waals surface area contributed by atoms with Gasteiger partial charge in [0.05, 0.1) is 19.3 Å². The van der Waals surface area contributed by atoms with Crippen LogP contribution in [0.15, 0.2) is 24.5 Å². The van der Waals surface area contributed by atoms with Crippen molar-refractivity contribution in [2.24, 2.45) is 7.05 Å². The molecule has 5 nitrogen and oxygen atoms in total. The van der Waals surface area contributed by atoms with E-state index in [9.17, 15) is 0 Å². The van der Waals surface area contributed by atoms with Crippen molar-refractivity contribution in [2.75, 3.05) is 13.7 Å². The third-order valence-corrected chi connectivity index (χ3v) is 3.29. The van der Waals surface area contributed by atoms with Crippen LogP contribution in [0.25, 0.3) is 0 Å². The van der Waals surface area contributed by atoms with Gasteiger partial charge in [-0.05, 0) is 25.6 Å². The second kappa shape index (κ2) is 5.84. The molecule has 0 aliphatic carbocycles. The lowest BCUT2D eigenvalue weighted by Crippen LogP contribution is -2.24. The molecule has 1 unspecified atom stereocenters. The summed E-state index contributed by atoms with van der Waals surface area (Å²) in [6, 6.07) is 3.80. The molecular formula is C14H20N4O. The third-order valence-electron chi connectivity index (χ3n) is 3.29. The molecule has 0 bridgehead atoms. The Morgan fingerprint density at radius 1 is 1.47 bits per heavy atom. The molecule has 0 radical (unpaired) electrons. The van der Waals surface area contributed by atoms with Crippen LogP contribution in [-0.2, 0) is 7.05 Å². The first kappa shape index (κ1) is 13.5. The number of nitrogens with one attached hydrogen (secondary N) is 1. The molecule has 2 aromatic rings. The number of methoxy groups -OCH3 is 1. The summed E-state index contributed by atoms with van der Waals surface area (Å²) in [4.78, 5) is 4.47. The van der Waals surface area contributed by atoms with Crippen LogP contribution < -0.4 is 10.1 Å². The minimum Gasteiger partial charge on any atom is -0.495 e. The Hall–Kier alpha value is -1.88. The van der Waals surface area contributed by atoms with E-state index in [1.807, 2.05) is 30.1 Å². The van der Waals surface area contributed by atoms with Gasteiger partial charge >= 0.3 is 0 Å². The molecular weight excluding hydrogens is 240 g/mol. The molecule has 0 saturated carbocycles. The van der Waals surface area contributed by atoms with E-state index in [0.29, 0.717) is 0 Å². The highest BCUT2D eigenvalue weighted by atomic mass is 16.5. The van der Waals surface area contributed by atoms with Crippen LogP contribution in [0.3, 0.4) is 0 Å². The largest absolute Gasteiger partial charge is 0.495 e. The Balaban J connectivity index is 2.48. The predicted octanol–water partition coefficient (Wildman–Crippen LogP) is 1.83. The molecule has 5 heteroatoms. The summed E-state index contributed by atoms with van der Waals surface area (Å²) < 4.78 is 7.28. The average molecular weight is 260 g/mol. The maximum atomic E-state index is 5.41. The Labute approximate surface area is 113 Å². The summed E-state index contributed by atoms with van der Waals surface area (Å²) in [5.41, 5.74) is 3.14. The molecule has 19 heavy (non-hydrogen) atoms. The number of nitrogens with zero attached hydrogens (tertiary/aromatic N) is 3. The highest BCUT2D eigenvalue weighted by Crippen LogP contribution is 2.29. The van der Waals surface area contributed by atoms with Crippen LogP contribution in [0.1, 0.15) is 29.9 Å². The van der Waals surface area contributed by atoms with Crippen molar-refractivity contribution in [1.29, 1.82) is 0 Å². The number of aromatic nitrogens is 3. The maximum absolute atomic E-state index is 5.41. The maximum Gasteiger partial charge on any atom is 0.142 e. The van der Waals surface area contributed by atoms with Crippen LogP contribution in [0.4, 0.5) is 0 Å². The van der Waals surface area contributed by atoms with E-state index in [0.717, 1.165) is 29.2 Å². The summed E-state index contributed by atoms with van der Waals surface area (Å²) in [7, 11) is 3.61. The molecule has 0 aliphatic heterocycles. The highest BCUT2D eigenvalue weighted by molar-refractivity contribution is 5.37. The van der Waals surface area contributed by atoms with Crippen LogP contribution in [0, 0.1) is 6.92 Å². The first-order chi connectivity index (χ1) is 9.19. The van der Waals surface area contributed by atoms with E-state index in [4.69, 9.17) is 4.74 Å². The summed E-state index contributed by atoms with van der Waals surface area (Å²) in [6.07, 6.45) is 3.67. The van der Waals surface area contributed by atoms with Gasteiger partial charge in [0.15, 0.2) is 0 Å². The second-order valence-electron chi connectivity index (χ2n) is 4.39. The van der Waals surface area contributed by atoms with Crippen LogP contribution in [0.5, 0.6) is 5.75 Å². The number of hydrogen-bond donors (Lipinski definition) is 1. The Morgan fingerprint density at radius 2 is 2.26 bits per heavy atom. The number of pyridine rings is 1. The molecule has 2 heterocycles. The zero-order chi connectivity index (χ0) is 13.8. The van der Waals surface area contributed by atoms with Crippen molar-refractivity contribution in [3.63, 3.8) is 0 Å². The van der Waals surface area contributed by atoms with Crippen molar-refractivity contribution < 1.29 is 4.74 Å². The quantitative estimate of drug-likeness (QED) is 0.891. The standard InChI is InChI=1S/C14H20N4O/c1-5-15-13(11-9-17-18(3)10(11)2)14-12(19-4)7-6-8-16-14/h6-9,13,15H,5H2,1-4H3. The van der Waals surface area contributed by atoms with E-state index in [-0.39, 0.29) is 6.04 Å². The number of ether oxygens (including phenoxy) is 1. The smallest absolute Gasteiger partial charge is 0.142 e. The molecule has 1 atom stereocenters.